The molecule has 0 fully saturated rings. The zero-order chi connectivity index (χ0) is 14.5. The van der Waals surface area contributed by atoms with E-state index in [9.17, 15) is 10.1 Å². The number of nitrogens with zero attached hydrogens (tertiary/aromatic N) is 1. The van der Waals surface area contributed by atoms with E-state index in [1.807, 2.05) is 0 Å². The number of rotatable bonds is 5. The Balaban J connectivity index is 2.22. The molecule has 2 rings (SSSR count). The highest BCUT2D eigenvalue weighted by Gasteiger charge is 2.14. The second kappa shape index (κ2) is 6.72. The molecule has 0 spiro atoms. The summed E-state index contributed by atoms with van der Waals surface area (Å²) in [6.07, 6.45) is 0. The number of alkyl halides is 1. The summed E-state index contributed by atoms with van der Waals surface area (Å²) in [5.41, 5.74) is 1.40. The summed E-state index contributed by atoms with van der Waals surface area (Å²) in [5, 5.41) is 12.1. The van der Waals surface area contributed by atoms with E-state index in [2.05, 4.69) is 15.9 Å². The fourth-order valence-corrected chi connectivity index (χ4v) is 2.74. The van der Waals surface area contributed by atoms with E-state index >= 15 is 0 Å². The van der Waals surface area contributed by atoms with E-state index in [1.165, 1.54) is 6.07 Å². The Morgan fingerprint density at radius 2 is 1.95 bits per heavy atom. The second-order valence-corrected chi connectivity index (χ2v) is 4.99. The SMILES string of the molecule is O=[N+]([O-])c1ccccc1COc1cccc(Cl)c1CBr. The van der Waals surface area contributed by atoms with Gasteiger partial charge in [0.15, 0.2) is 0 Å². The third kappa shape index (κ3) is 3.29. The molecule has 0 unspecified atom stereocenters. The molecule has 20 heavy (non-hydrogen) atoms. The average Bonchev–Trinajstić information content (AvgIpc) is 2.45. The van der Waals surface area contributed by atoms with Crippen molar-refractivity contribution in [2.24, 2.45) is 0 Å². The summed E-state index contributed by atoms with van der Waals surface area (Å²) in [6.45, 7) is 0.123. The normalized spacial score (nSPS) is 10.3. The van der Waals surface area contributed by atoms with Crippen molar-refractivity contribution in [3.05, 3.63) is 68.7 Å². The van der Waals surface area contributed by atoms with Crippen LogP contribution in [0.5, 0.6) is 5.75 Å². The largest absolute Gasteiger partial charge is 0.488 e. The molecular weight excluding hydrogens is 346 g/mol. The van der Waals surface area contributed by atoms with Gasteiger partial charge in [0.25, 0.3) is 5.69 Å². The van der Waals surface area contributed by atoms with E-state index in [1.54, 1.807) is 36.4 Å². The third-order valence-corrected chi connectivity index (χ3v) is 3.70. The van der Waals surface area contributed by atoms with Crippen LogP contribution in [0, 0.1) is 10.1 Å². The second-order valence-electron chi connectivity index (χ2n) is 4.02. The highest BCUT2D eigenvalue weighted by molar-refractivity contribution is 9.08. The molecule has 0 amide bonds. The number of halogens is 2. The Hall–Kier alpha value is -1.59. The minimum absolute atomic E-state index is 0.0509. The molecule has 0 aliphatic carbocycles. The molecule has 0 heterocycles. The highest BCUT2D eigenvalue weighted by Crippen LogP contribution is 2.30. The van der Waals surface area contributed by atoms with E-state index in [-0.39, 0.29) is 12.3 Å². The molecule has 0 saturated heterocycles. The summed E-state index contributed by atoms with van der Waals surface area (Å²) < 4.78 is 5.67. The first-order valence-electron chi connectivity index (χ1n) is 5.82. The van der Waals surface area contributed by atoms with Gasteiger partial charge in [-0.2, -0.15) is 0 Å². The van der Waals surface area contributed by atoms with E-state index in [0.717, 1.165) is 5.56 Å². The third-order valence-electron chi connectivity index (χ3n) is 2.78. The molecule has 2 aromatic rings. The van der Waals surface area contributed by atoms with Gasteiger partial charge in [0.1, 0.15) is 12.4 Å². The lowest BCUT2D eigenvalue weighted by Gasteiger charge is -2.11. The number of benzene rings is 2. The Labute approximate surface area is 129 Å². The summed E-state index contributed by atoms with van der Waals surface area (Å²) in [4.78, 5) is 10.5. The molecule has 104 valence electrons. The molecule has 0 saturated carbocycles. The molecule has 0 N–H and O–H groups in total. The van der Waals surface area contributed by atoms with Gasteiger partial charge in [-0.1, -0.05) is 45.7 Å². The van der Waals surface area contributed by atoms with Crippen LogP contribution < -0.4 is 4.74 Å². The fourth-order valence-electron chi connectivity index (χ4n) is 1.77. The lowest BCUT2D eigenvalue weighted by Crippen LogP contribution is -2.01. The Bertz CT molecular complexity index is 634. The minimum Gasteiger partial charge on any atom is -0.488 e. The van der Waals surface area contributed by atoms with E-state index < -0.39 is 4.92 Å². The molecule has 0 aromatic heterocycles. The standard InChI is InChI=1S/C14H11BrClNO3/c15-8-11-12(16)5-3-7-14(11)20-9-10-4-1-2-6-13(10)17(18)19/h1-7H,8-9H2. The average molecular weight is 357 g/mol. The van der Waals surface area contributed by atoms with Crippen LogP contribution >= 0.6 is 27.5 Å². The van der Waals surface area contributed by atoms with Crippen LogP contribution in [0.2, 0.25) is 5.02 Å². The maximum atomic E-state index is 10.9. The van der Waals surface area contributed by atoms with Crippen molar-refractivity contribution in [3.8, 4) is 5.75 Å². The van der Waals surface area contributed by atoms with Crippen molar-refractivity contribution >= 4 is 33.2 Å². The van der Waals surface area contributed by atoms with Crippen molar-refractivity contribution in [2.75, 3.05) is 0 Å². The molecule has 0 radical (unpaired) electrons. The van der Waals surface area contributed by atoms with Gasteiger partial charge < -0.3 is 4.74 Å². The van der Waals surface area contributed by atoms with Crippen molar-refractivity contribution in [1.29, 1.82) is 0 Å². The topological polar surface area (TPSA) is 52.4 Å². The monoisotopic (exact) mass is 355 g/mol. The predicted molar refractivity (Wildman–Crippen MR) is 81.5 cm³/mol. The van der Waals surface area contributed by atoms with Crippen molar-refractivity contribution < 1.29 is 9.66 Å². The zero-order valence-corrected chi connectivity index (χ0v) is 12.7. The van der Waals surface area contributed by atoms with Crippen LogP contribution in [0.4, 0.5) is 5.69 Å². The maximum absolute atomic E-state index is 10.9. The van der Waals surface area contributed by atoms with Gasteiger partial charge in [-0.3, -0.25) is 10.1 Å². The first-order valence-corrected chi connectivity index (χ1v) is 7.32. The van der Waals surface area contributed by atoms with Crippen LogP contribution in [-0.4, -0.2) is 4.92 Å². The molecule has 6 heteroatoms. The smallest absolute Gasteiger partial charge is 0.276 e. The van der Waals surface area contributed by atoms with Gasteiger partial charge in [0.05, 0.1) is 10.5 Å². The van der Waals surface area contributed by atoms with Crippen LogP contribution in [0.3, 0.4) is 0 Å². The molecule has 0 aliphatic rings. The van der Waals surface area contributed by atoms with Gasteiger partial charge >= 0.3 is 0 Å². The quantitative estimate of drug-likeness (QED) is 0.442. The van der Waals surface area contributed by atoms with Crippen LogP contribution in [-0.2, 0) is 11.9 Å². The molecule has 0 bridgehead atoms. The van der Waals surface area contributed by atoms with Crippen molar-refractivity contribution in [3.63, 3.8) is 0 Å². The van der Waals surface area contributed by atoms with Crippen molar-refractivity contribution in [2.45, 2.75) is 11.9 Å². The fraction of sp³-hybridized carbons (Fsp3) is 0.143. The number of hydrogen-bond donors (Lipinski definition) is 0. The number of ether oxygens (including phenoxy) is 1. The van der Waals surface area contributed by atoms with Crippen LogP contribution in [0.1, 0.15) is 11.1 Å². The van der Waals surface area contributed by atoms with Gasteiger partial charge in [0.2, 0.25) is 0 Å². The lowest BCUT2D eigenvalue weighted by molar-refractivity contribution is -0.385. The molecule has 4 nitrogen and oxygen atoms in total. The van der Waals surface area contributed by atoms with Crippen LogP contribution in [0.25, 0.3) is 0 Å². The minimum atomic E-state index is -0.415. The maximum Gasteiger partial charge on any atom is 0.276 e. The first-order chi connectivity index (χ1) is 9.63. The van der Waals surface area contributed by atoms with Gasteiger partial charge in [0, 0.05) is 22.0 Å². The highest BCUT2D eigenvalue weighted by atomic mass is 79.9. The lowest BCUT2D eigenvalue weighted by atomic mass is 10.2. The Morgan fingerprint density at radius 3 is 2.65 bits per heavy atom. The first kappa shape index (κ1) is 14.8. The Morgan fingerprint density at radius 1 is 1.20 bits per heavy atom. The van der Waals surface area contributed by atoms with Gasteiger partial charge in [-0.15, -0.1) is 0 Å². The summed E-state index contributed by atoms with van der Waals surface area (Å²) in [7, 11) is 0. The summed E-state index contributed by atoms with van der Waals surface area (Å²) >= 11 is 9.43. The van der Waals surface area contributed by atoms with E-state index in [0.29, 0.717) is 21.7 Å². The number of nitro benzene ring substituents is 1. The number of nitro groups is 1. The van der Waals surface area contributed by atoms with Crippen molar-refractivity contribution in [1.82, 2.24) is 0 Å². The van der Waals surface area contributed by atoms with E-state index in [4.69, 9.17) is 16.3 Å². The Kier molecular flexibility index (Phi) is 4.98. The number of hydrogen-bond acceptors (Lipinski definition) is 3. The van der Waals surface area contributed by atoms with Gasteiger partial charge in [-0.25, -0.2) is 0 Å². The van der Waals surface area contributed by atoms with Crippen LogP contribution in [0.15, 0.2) is 42.5 Å². The van der Waals surface area contributed by atoms with Gasteiger partial charge in [-0.05, 0) is 18.2 Å². The molecule has 0 atom stereocenters. The number of para-hydroxylation sites is 1. The summed E-state index contributed by atoms with van der Waals surface area (Å²) in [5.74, 6) is 0.618. The summed E-state index contributed by atoms with van der Waals surface area (Å²) in [6, 6.07) is 11.9. The predicted octanol–water partition coefficient (Wildman–Crippen LogP) is 4.72. The molecule has 0 aliphatic heterocycles. The molecule has 2 aromatic carbocycles. The zero-order valence-electron chi connectivity index (χ0n) is 10.4. The molecular formula is C14H11BrClNO3.